The molecule has 118 valence electrons. The number of hydrogen-bond donors (Lipinski definition) is 1. The molecule has 0 radical (unpaired) electrons. The number of aryl methyl sites for hydroxylation is 1. The second kappa shape index (κ2) is 7.37. The van der Waals surface area contributed by atoms with Crippen LogP contribution >= 0.6 is 11.6 Å². The van der Waals surface area contributed by atoms with E-state index in [1.165, 1.54) is 25.7 Å². The molecule has 0 aromatic heterocycles. The van der Waals surface area contributed by atoms with Gasteiger partial charge < -0.3 is 15.2 Å². The molecule has 3 nitrogen and oxygen atoms in total. The van der Waals surface area contributed by atoms with Gasteiger partial charge in [0.05, 0.1) is 14.2 Å². The van der Waals surface area contributed by atoms with E-state index in [2.05, 4.69) is 0 Å². The van der Waals surface area contributed by atoms with Crippen molar-refractivity contribution in [1.82, 2.24) is 0 Å². The number of nitrogens with two attached hydrogens (primary N) is 1. The Morgan fingerprint density at radius 1 is 1.10 bits per heavy atom. The van der Waals surface area contributed by atoms with Crippen molar-refractivity contribution in [2.45, 2.75) is 44.9 Å². The number of hydrogen-bond acceptors (Lipinski definition) is 3. The Morgan fingerprint density at radius 2 is 1.71 bits per heavy atom. The van der Waals surface area contributed by atoms with Crippen LogP contribution in [0.2, 0.25) is 5.02 Å². The summed E-state index contributed by atoms with van der Waals surface area (Å²) >= 11 is 6.38. The van der Waals surface area contributed by atoms with Gasteiger partial charge in [0.25, 0.3) is 0 Å². The van der Waals surface area contributed by atoms with Crippen LogP contribution in [0.15, 0.2) is 12.1 Å². The fourth-order valence-corrected chi connectivity index (χ4v) is 3.79. The molecule has 0 amide bonds. The van der Waals surface area contributed by atoms with Gasteiger partial charge in [0.1, 0.15) is 0 Å². The molecule has 0 bridgehead atoms. The summed E-state index contributed by atoms with van der Waals surface area (Å²) in [7, 11) is 3.28. The van der Waals surface area contributed by atoms with Gasteiger partial charge in [-0.05, 0) is 55.7 Å². The molecule has 0 saturated heterocycles. The lowest BCUT2D eigenvalue weighted by molar-refractivity contribution is 0.253. The third kappa shape index (κ3) is 3.83. The number of halogens is 1. The number of methoxy groups -OCH3 is 2. The fraction of sp³-hybridized carbons (Fsp3) is 0.647. The van der Waals surface area contributed by atoms with Crippen LogP contribution in [0.5, 0.6) is 11.5 Å². The van der Waals surface area contributed by atoms with Crippen molar-refractivity contribution in [3.05, 3.63) is 22.7 Å². The van der Waals surface area contributed by atoms with Crippen molar-refractivity contribution in [3.63, 3.8) is 0 Å². The second-order valence-corrected chi connectivity index (χ2v) is 6.45. The largest absolute Gasteiger partial charge is 0.493 e. The summed E-state index contributed by atoms with van der Waals surface area (Å²) in [5.41, 5.74) is 7.37. The Labute approximate surface area is 132 Å². The highest BCUT2D eigenvalue weighted by molar-refractivity contribution is 6.31. The van der Waals surface area contributed by atoms with Gasteiger partial charge in [0, 0.05) is 11.1 Å². The highest BCUT2D eigenvalue weighted by atomic mass is 35.5. The Balaban J connectivity index is 2.12. The van der Waals surface area contributed by atoms with Gasteiger partial charge in [0.2, 0.25) is 0 Å². The monoisotopic (exact) mass is 311 g/mol. The van der Waals surface area contributed by atoms with Crippen molar-refractivity contribution < 1.29 is 9.47 Å². The van der Waals surface area contributed by atoms with E-state index in [1.54, 1.807) is 14.2 Å². The molecule has 0 unspecified atom stereocenters. The minimum atomic E-state index is 0.422. The first-order chi connectivity index (χ1) is 10.1. The molecule has 21 heavy (non-hydrogen) atoms. The molecular weight excluding hydrogens is 286 g/mol. The second-order valence-electron chi connectivity index (χ2n) is 6.04. The van der Waals surface area contributed by atoms with E-state index in [0.29, 0.717) is 11.2 Å². The molecular formula is C17H26ClNO2. The van der Waals surface area contributed by atoms with Gasteiger partial charge in [-0.1, -0.05) is 24.4 Å². The normalized spacial score (nSPS) is 17.0. The Bertz CT molecular complexity index is 470. The standard InChI is InChI=1S/C17H26ClNO2/c1-20-15-11-13(14(18)12-16(15)21-2)5-8-17(9-10-19)6-3-4-7-17/h11-12H,3-10,19H2,1-2H3. The first kappa shape index (κ1) is 16.4. The van der Waals surface area contributed by atoms with Crippen LogP contribution in [0.1, 0.15) is 44.1 Å². The van der Waals surface area contributed by atoms with Crippen LogP contribution in [0.25, 0.3) is 0 Å². The molecule has 1 aliphatic carbocycles. The average molecular weight is 312 g/mol. The van der Waals surface area contributed by atoms with E-state index in [9.17, 15) is 0 Å². The van der Waals surface area contributed by atoms with Crippen LogP contribution < -0.4 is 15.2 Å². The van der Waals surface area contributed by atoms with Gasteiger partial charge in [-0.2, -0.15) is 0 Å². The van der Waals surface area contributed by atoms with E-state index in [-0.39, 0.29) is 0 Å². The molecule has 0 atom stereocenters. The summed E-state index contributed by atoms with van der Waals surface area (Å²) in [4.78, 5) is 0. The van der Waals surface area contributed by atoms with Crippen molar-refractivity contribution in [1.29, 1.82) is 0 Å². The lowest BCUT2D eigenvalue weighted by atomic mass is 9.77. The maximum atomic E-state index is 6.38. The molecule has 1 aromatic rings. The maximum absolute atomic E-state index is 6.38. The fourth-order valence-electron chi connectivity index (χ4n) is 3.54. The minimum absolute atomic E-state index is 0.422. The highest BCUT2D eigenvalue weighted by Gasteiger charge is 2.32. The quantitative estimate of drug-likeness (QED) is 0.821. The molecule has 2 rings (SSSR count). The smallest absolute Gasteiger partial charge is 0.162 e. The average Bonchev–Trinajstić information content (AvgIpc) is 2.95. The van der Waals surface area contributed by atoms with Crippen molar-refractivity contribution in [2.75, 3.05) is 20.8 Å². The van der Waals surface area contributed by atoms with Gasteiger partial charge in [-0.15, -0.1) is 0 Å². The lowest BCUT2D eigenvalue weighted by Crippen LogP contribution is -2.21. The van der Waals surface area contributed by atoms with E-state index < -0.39 is 0 Å². The topological polar surface area (TPSA) is 44.5 Å². The first-order valence-electron chi connectivity index (χ1n) is 7.74. The summed E-state index contributed by atoms with van der Waals surface area (Å²) in [6, 6.07) is 3.85. The zero-order valence-electron chi connectivity index (χ0n) is 13.1. The van der Waals surface area contributed by atoms with Crippen LogP contribution in [-0.2, 0) is 6.42 Å². The van der Waals surface area contributed by atoms with E-state index in [0.717, 1.165) is 42.1 Å². The highest BCUT2D eigenvalue weighted by Crippen LogP contribution is 2.45. The van der Waals surface area contributed by atoms with Crippen LogP contribution in [0, 0.1) is 5.41 Å². The van der Waals surface area contributed by atoms with Gasteiger partial charge in [0.15, 0.2) is 11.5 Å². The Kier molecular flexibility index (Phi) is 5.77. The predicted octanol–water partition coefficient (Wildman–Crippen LogP) is 4.20. The van der Waals surface area contributed by atoms with Gasteiger partial charge in [-0.25, -0.2) is 0 Å². The molecule has 1 saturated carbocycles. The molecule has 2 N–H and O–H groups in total. The maximum Gasteiger partial charge on any atom is 0.162 e. The molecule has 1 fully saturated rings. The molecule has 1 aromatic carbocycles. The Morgan fingerprint density at radius 3 is 2.29 bits per heavy atom. The summed E-state index contributed by atoms with van der Waals surface area (Å²) in [5, 5.41) is 0.758. The zero-order valence-corrected chi connectivity index (χ0v) is 13.8. The molecule has 0 spiro atoms. The van der Waals surface area contributed by atoms with Crippen LogP contribution in [-0.4, -0.2) is 20.8 Å². The number of rotatable bonds is 7. The lowest BCUT2D eigenvalue weighted by Gasteiger charge is -2.29. The van der Waals surface area contributed by atoms with Crippen LogP contribution in [0.3, 0.4) is 0 Å². The van der Waals surface area contributed by atoms with E-state index in [4.69, 9.17) is 26.8 Å². The summed E-state index contributed by atoms with van der Waals surface area (Å²) in [5.74, 6) is 1.43. The van der Waals surface area contributed by atoms with Crippen molar-refractivity contribution in [3.8, 4) is 11.5 Å². The van der Waals surface area contributed by atoms with Gasteiger partial charge in [-0.3, -0.25) is 0 Å². The van der Waals surface area contributed by atoms with Crippen LogP contribution in [0.4, 0.5) is 0 Å². The zero-order chi connectivity index (χ0) is 15.3. The predicted molar refractivity (Wildman–Crippen MR) is 87.4 cm³/mol. The molecule has 1 aliphatic rings. The third-order valence-electron chi connectivity index (χ3n) is 4.82. The SMILES string of the molecule is COc1cc(Cl)c(CCC2(CCN)CCCC2)cc1OC. The van der Waals surface area contributed by atoms with E-state index >= 15 is 0 Å². The Hall–Kier alpha value is -0.930. The van der Waals surface area contributed by atoms with Crippen molar-refractivity contribution in [2.24, 2.45) is 11.1 Å². The number of ether oxygens (including phenoxy) is 2. The third-order valence-corrected chi connectivity index (χ3v) is 5.17. The van der Waals surface area contributed by atoms with Gasteiger partial charge >= 0.3 is 0 Å². The summed E-state index contributed by atoms with van der Waals surface area (Å²) in [6.45, 7) is 0.777. The molecule has 0 aliphatic heterocycles. The first-order valence-corrected chi connectivity index (χ1v) is 8.12. The molecule has 4 heteroatoms. The molecule has 0 heterocycles. The van der Waals surface area contributed by atoms with Crippen molar-refractivity contribution >= 4 is 11.6 Å². The summed E-state index contributed by atoms with van der Waals surface area (Å²) < 4.78 is 10.7. The minimum Gasteiger partial charge on any atom is -0.493 e. The number of benzene rings is 1. The summed E-state index contributed by atoms with van der Waals surface area (Å²) in [6.07, 6.45) is 8.51. The van der Waals surface area contributed by atoms with E-state index in [1.807, 2.05) is 12.1 Å².